The van der Waals surface area contributed by atoms with E-state index in [2.05, 4.69) is 9.72 Å². The van der Waals surface area contributed by atoms with Crippen LogP contribution in [-0.2, 0) is 4.74 Å². The first-order chi connectivity index (χ1) is 9.45. The van der Waals surface area contributed by atoms with Gasteiger partial charge in [0.25, 0.3) is 0 Å². The molecule has 1 heterocycles. The van der Waals surface area contributed by atoms with Crippen molar-refractivity contribution in [3.63, 3.8) is 0 Å². The Morgan fingerprint density at radius 3 is 2.50 bits per heavy atom. The van der Waals surface area contributed by atoms with Gasteiger partial charge in [-0.2, -0.15) is 0 Å². The van der Waals surface area contributed by atoms with Crippen LogP contribution >= 0.6 is 46.4 Å². The summed E-state index contributed by atoms with van der Waals surface area (Å²) in [4.78, 5) is 15.5. The van der Waals surface area contributed by atoms with E-state index < -0.39 is 5.97 Å². The zero-order chi connectivity index (χ0) is 14.9. The summed E-state index contributed by atoms with van der Waals surface area (Å²) in [6, 6.07) is 4.83. The standard InChI is InChI=1S/C13H7Cl4NO2/c1-20-13(19)8-4-6(5-18-12(8)17)7-2-3-9(14)11(16)10(7)15/h2-5H,1H3. The fourth-order valence-electron chi connectivity index (χ4n) is 1.60. The van der Waals surface area contributed by atoms with Crippen LogP contribution in [0.25, 0.3) is 11.1 Å². The first kappa shape index (κ1) is 15.4. The lowest BCUT2D eigenvalue weighted by atomic mass is 10.1. The quantitative estimate of drug-likeness (QED) is 0.427. The number of pyridine rings is 1. The summed E-state index contributed by atoms with van der Waals surface area (Å²) in [6.07, 6.45) is 1.49. The number of carbonyl (C=O) groups excluding carboxylic acids is 1. The van der Waals surface area contributed by atoms with Crippen molar-refractivity contribution in [2.75, 3.05) is 7.11 Å². The fraction of sp³-hybridized carbons (Fsp3) is 0.0769. The third-order valence-electron chi connectivity index (χ3n) is 2.59. The molecule has 0 unspecified atom stereocenters. The molecule has 104 valence electrons. The van der Waals surface area contributed by atoms with Gasteiger partial charge in [-0.15, -0.1) is 0 Å². The lowest BCUT2D eigenvalue weighted by Crippen LogP contribution is -2.03. The number of methoxy groups -OCH3 is 1. The van der Waals surface area contributed by atoms with Crippen LogP contribution in [0.3, 0.4) is 0 Å². The molecule has 2 aromatic rings. The number of nitrogens with zero attached hydrogens (tertiary/aromatic N) is 1. The number of benzene rings is 1. The molecule has 2 rings (SSSR count). The molecular formula is C13H7Cl4NO2. The minimum absolute atomic E-state index is 0.0526. The van der Waals surface area contributed by atoms with E-state index in [1.54, 1.807) is 12.1 Å². The van der Waals surface area contributed by atoms with E-state index in [0.717, 1.165) is 0 Å². The van der Waals surface area contributed by atoms with E-state index in [4.69, 9.17) is 46.4 Å². The highest BCUT2D eigenvalue weighted by molar-refractivity contribution is 6.49. The van der Waals surface area contributed by atoms with Gasteiger partial charge in [0.05, 0.1) is 27.7 Å². The van der Waals surface area contributed by atoms with Gasteiger partial charge >= 0.3 is 5.97 Å². The average Bonchev–Trinajstić information content (AvgIpc) is 2.45. The molecule has 0 saturated heterocycles. The number of aromatic nitrogens is 1. The molecular weight excluding hydrogens is 344 g/mol. The van der Waals surface area contributed by atoms with E-state index >= 15 is 0 Å². The van der Waals surface area contributed by atoms with Gasteiger partial charge in [0.15, 0.2) is 0 Å². The Labute approximate surface area is 135 Å². The zero-order valence-corrected chi connectivity index (χ0v) is 13.1. The second kappa shape index (κ2) is 6.19. The van der Waals surface area contributed by atoms with Crippen molar-refractivity contribution >= 4 is 52.4 Å². The molecule has 7 heteroatoms. The maximum absolute atomic E-state index is 11.6. The van der Waals surface area contributed by atoms with Gasteiger partial charge in [-0.1, -0.05) is 52.5 Å². The maximum atomic E-state index is 11.6. The van der Waals surface area contributed by atoms with Crippen LogP contribution in [-0.4, -0.2) is 18.1 Å². The van der Waals surface area contributed by atoms with Gasteiger partial charge in [0, 0.05) is 17.3 Å². The number of carbonyl (C=O) groups is 1. The molecule has 0 fully saturated rings. The molecule has 0 aliphatic rings. The molecule has 0 atom stereocenters. The molecule has 0 saturated carbocycles. The van der Waals surface area contributed by atoms with Crippen LogP contribution in [0.15, 0.2) is 24.4 Å². The minimum atomic E-state index is -0.583. The van der Waals surface area contributed by atoms with Crippen LogP contribution in [0.4, 0.5) is 0 Å². The van der Waals surface area contributed by atoms with Crippen LogP contribution in [0.5, 0.6) is 0 Å². The van der Waals surface area contributed by atoms with E-state index in [1.165, 1.54) is 19.4 Å². The minimum Gasteiger partial charge on any atom is -0.465 e. The van der Waals surface area contributed by atoms with Crippen molar-refractivity contribution < 1.29 is 9.53 Å². The van der Waals surface area contributed by atoms with Gasteiger partial charge < -0.3 is 4.74 Å². The number of hydrogen-bond acceptors (Lipinski definition) is 3. The average molecular weight is 351 g/mol. The number of halogens is 4. The predicted molar refractivity (Wildman–Crippen MR) is 81.1 cm³/mol. The summed E-state index contributed by atoms with van der Waals surface area (Å²) < 4.78 is 4.64. The number of esters is 1. The summed E-state index contributed by atoms with van der Waals surface area (Å²) in [5.41, 5.74) is 1.32. The Bertz CT molecular complexity index is 688. The van der Waals surface area contributed by atoms with Crippen molar-refractivity contribution in [3.8, 4) is 11.1 Å². The summed E-state index contributed by atoms with van der Waals surface area (Å²) in [6.45, 7) is 0. The smallest absolute Gasteiger partial charge is 0.341 e. The first-order valence-electron chi connectivity index (χ1n) is 5.33. The van der Waals surface area contributed by atoms with Crippen molar-refractivity contribution in [1.29, 1.82) is 0 Å². The monoisotopic (exact) mass is 349 g/mol. The summed E-state index contributed by atoms with van der Waals surface area (Å²) in [5.74, 6) is -0.583. The third-order valence-corrected chi connectivity index (χ3v) is 4.19. The van der Waals surface area contributed by atoms with Gasteiger partial charge in [-0.05, 0) is 12.1 Å². The van der Waals surface area contributed by atoms with Gasteiger partial charge in [0.2, 0.25) is 0 Å². The molecule has 20 heavy (non-hydrogen) atoms. The van der Waals surface area contributed by atoms with E-state index in [1.807, 2.05) is 0 Å². The van der Waals surface area contributed by atoms with E-state index in [0.29, 0.717) is 16.1 Å². The van der Waals surface area contributed by atoms with Crippen LogP contribution < -0.4 is 0 Å². The SMILES string of the molecule is COC(=O)c1cc(-c2ccc(Cl)c(Cl)c2Cl)cnc1Cl. The largest absolute Gasteiger partial charge is 0.465 e. The second-order valence-corrected chi connectivity index (χ2v) is 5.30. The first-order valence-corrected chi connectivity index (χ1v) is 6.84. The second-order valence-electron chi connectivity index (χ2n) is 3.78. The Morgan fingerprint density at radius 2 is 1.85 bits per heavy atom. The number of rotatable bonds is 2. The highest BCUT2D eigenvalue weighted by Crippen LogP contribution is 2.38. The topological polar surface area (TPSA) is 39.2 Å². The molecule has 1 aromatic carbocycles. The molecule has 1 aromatic heterocycles. The summed E-state index contributed by atoms with van der Waals surface area (Å²) in [7, 11) is 1.26. The lowest BCUT2D eigenvalue weighted by molar-refractivity contribution is 0.0600. The predicted octanol–water partition coefficient (Wildman–Crippen LogP) is 5.15. The van der Waals surface area contributed by atoms with Gasteiger partial charge in [0.1, 0.15) is 5.15 Å². The Balaban J connectivity index is 2.60. The molecule has 0 N–H and O–H groups in total. The van der Waals surface area contributed by atoms with E-state index in [-0.39, 0.29) is 20.8 Å². The molecule has 0 aliphatic heterocycles. The van der Waals surface area contributed by atoms with Crippen LogP contribution in [0, 0.1) is 0 Å². The molecule has 0 aliphatic carbocycles. The van der Waals surface area contributed by atoms with Crippen LogP contribution in [0.2, 0.25) is 20.2 Å². The van der Waals surface area contributed by atoms with Crippen molar-refractivity contribution in [3.05, 3.63) is 50.2 Å². The van der Waals surface area contributed by atoms with Gasteiger partial charge in [-0.25, -0.2) is 9.78 Å². The molecule has 0 radical (unpaired) electrons. The molecule has 0 spiro atoms. The Kier molecular flexibility index (Phi) is 4.76. The summed E-state index contributed by atoms with van der Waals surface area (Å²) in [5, 5.41) is 0.909. The summed E-state index contributed by atoms with van der Waals surface area (Å²) >= 11 is 23.9. The number of ether oxygens (including phenoxy) is 1. The van der Waals surface area contributed by atoms with Crippen molar-refractivity contribution in [2.45, 2.75) is 0 Å². The fourth-order valence-corrected chi connectivity index (χ4v) is 2.42. The highest BCUT2D eigenvalue weighted by Gasteiger charge is 2.16. The van der Waals surface area contributed by atoms with Crippen molar-refractivity contribution in [2.24, 2.45) is 0 Å². The maximum Gasteiger partial charge on any atom is 0.341 e. The van der Waals surface area contributed by atoms with E-state index in [9.17, 15) is 4.79 Å². The van der Waals surface area contributed by atoms with Gasteiger partial charge in [-0.3, -0.25) is 0 Å². The zero-order valence-electron chi connectivity index (χ0n) is 10.1. The normalized spacial score (nSPS) is 10.4. The Morgan fingerprint density at radius 1 is 1.15 bits per heavy atom. The van der Waals surface area contributed by atoms with Crippen LogP contribution in [0.1, 0.15) is 10.4 Å². The molecule has 0 bridgehead atoms. The highest BCUT2D eigenvalue weighted by atomic mass is 35.5. The van der Waals surface area contributed by atoms with Crippen molar-refractivity contribution in [1.82, 2.24) is 4.98 Å². The Hall–Kier alpha value is -1.000. The number of hydrogen-bond donors (Lipinski definition) is 0. The lowest BCUT2D eigenvalue weighted by Gasteiger charge is -2.09. The third kappa shape index (κ3) is 2.86. The molecule has 3 nitrogen and oxygen atoms in total. The molecule has 0 amide bonds.